The van der Waals surface area contributed by atoms with E-state index >= 15 is 0 Å². The first-order chi connectivity index (χ1) is 41.6. The Morgan fingerprint density at radius 2 is 0.595 bits per heavy atom. The summed E-state index contributed by atoms with van der Waals surface area (Å²) in [5.41, 5.74) is 26.9. The van der Waals surface area contributed by atoms with Crippen molar-refractivity contribution < 1.29 is 0 Å². The molecule has 2 nitrogen and oxygen atoms in total. The summed E-state index contributed by atoms with van der Waals surface area (Å²) in [6, 6.07) is 92.1. The molecule has 2 heterocycles. The number of nitrogens with zero attached hydrogens (tertiary/aromatic N) is 2. The Kier molecular flexibility index (Phi) is 10.5. The number of hydrogen-bond donors (Lipinski definition) is 0. The largest absolute Gasteiger partial charge is 0.309 e. The maximum atomic E-state index is 2.60. The van der Waals surface area contributed by atoms with E-state index in [1.165, 1.54) is 206 Å². The molecular weight excluding hydrogens is 1010 g/mol. The van der Waals surface area contributed by atoms with E-state index < -0.39 is 0 Å². The highest BCUT2D eigenvalue weighted by Crippen LogP contribution is 2.60. The van der Waals surface area contributed by atoms with Gasteiger partial charge in [0.1, 0.15) is 0 Å². The first-order valence-corrected chi connectivity index (χ1v) is 30.6. The Hall–Kier alpha value is -9.76. The van der Waals surface area contributed by atoms with Crippen molar-refractivity contribution in [3.63, 3.8) is 0 Å². The molecule has 0 atom stereocenters. The molecule has 398 valence electrons. The third-order valence-electron chi connectivity index (χ3n) is 20.4. The van der Waals surface area contributed by atoms with E-state index in [1.54, 1.807) is 0 Å². The van der Waals surface area contributed by atoms with Gasteiger partial charge in [-0.2, -0.15) is 0 Å². The highest BCUT2D eigenvalue weighted by molar-refractivity contribution is 6.13. The molecule has 2 fully saturated rings. The van der Waals surface area contributed by atoms with Crippen molar-refractivity contribution in [3.05, 3.63) is 287 Å². The van der Waals surface area contributed by atoms with Gasteiger partial charge < -0.3 is 9.13 Å². The fourth-order valence-corrected chi connectivity index (χ4v) is 16.5. The van der Waals surface area contributed by atoms with Gasteiger partial charge in [-0.05, 0) is 175 Å². The highest BCUT2D eigenvalue weighted by Gasteiger charge is 2.47. The zero-order chi connectivity index (χ0) is 55.1. The summed E-state index contributed by atoms with van der Waals surface area (Å²) in [5, 5.41) is 10.1. The molecule has 0 aliphatic heterocycles. The molecule has 0 unspecified atom stereocenters. The van der Waals surface area contributed by atoms with Crippen LogP contribution < -0.4 is 0 Å². The van der Waals surface area contributed by atoms with E-state index in [9.17, 15) is 0 Å². The second-order valence-electron chi connectivity index (χ2n) is 24.6. The zero-order valence-electron chi connectivity index (χ0n) is 47.0. The van der Waals surface area contributed by atoms with E-state index in [1.807, 2.05) is 0 Å². The topological polar surface area (TPSA) is 9.86 Å². The summed E-state index contributed by atoms with van der Waals surface area (Å²) in [6.45, 7) is 0. The third-order valence-corrected chi connectivity index (χ3v) is 20.4. The van der Waals surface area contributed by atoms with Gasteiger partial charge in [0, 0.05) is 43.1 Å². The maximum Gasteiger partial charge on any atom is 0.0541 e. The Morgan fingerprint density at radius 3 is 1.04 bits per heavy atom. The van der Waals surface area contributed by atoms with Crippen LogP contribution in [0.1, 0.15) is 95.9 Å². The average molecular weight is 1070 g/mol. The minimum Gasteiger partial charge on any atom is -0.309 e. The van der Waals surface area contributed by atoms with Gasteiger partial charge in [0.25, 0.3) is 0 Å². The number of fused-ring (bicyclic) bond motifs is 18. The summed E-state index contributed by atoms with van der Waals surface area (Å²) in [6.07, 6.45) is 19.2. The number of rotatable bonds is 7. The molecule has 0 amide bonds. The molecule has 14 aromatic rings. The number of aromatic nitrogens is 2. The SMILES string of the molecule is C(=C\c1ccc2c(c1)c1ccccc1n2-c1cccc2ccccc12)/c1ccc2c(c1)C1(CCCC1)c1cc(-c3ccc4c(c3)C3(CCCC3)c3cc(/C=C/c5ccc6c(c5)c5ccccc5n6-c5cccc6ccccc56)ccc3-4)ccc1-2. The van der Waals surface area contributed by atoms with Gasteiger partial charge in [0.15, 0.2) is 0 Å². The van der Waals surface area contributed by atoms with Crippen LogP contribution in [0.15, 0.2) is 243 Å². The summed E-state index contributed by atoms with van der Waals surface area (Å²) < 4.78 is 4.90. The van der Waals surface area contributed by atoms with Gasteiger partial charge in [-0.15, -0.1) is 0 Å². The fraction of sp³-hybridized carbons (Fsp3) is 0.122. The van der Waals surface area contributed by atoms with Gasteiger partial charge in [-0.1, -0.05) is 232 Å². The van der Waals surface area contributed by atoms with Gasteiger partial charge in [-0.25, -0.2) is 0 Å². The predicted molar refractivity (Wildman–Crippen MR) is 356 cm³/mol. The minimum absolute atomic E-state index is 0.0402. The smallest absolute Gasteiger partial charge is 0.0541 e. The predicted octanol–water partition coefficient (Wildman–Crippen LogP) is 21.9. The summed E-state index contributed by atoms with van der Waals surface area (Å²) >= 11 is 0. The molecule has 2 spiro atoms. The van der Waals surface area contributed by atoms with Crippen LogP contribution in [0.2, 0.25) is 0 Å². The average Bonchev–Trinajstić information content (AvgIpc) is 1.88. The Morgan fingerprint density at radius 1 is 0.262 bits per heavy atom. The molecule has 12 aromatic carbocycles. The lowest BCUT2D eigenvalue weighted by Gasteiger charge is -2.28. The van der Waals surface area contributed by atoms with Crippen molar-refractivity contribution in [2.75, 3.05) is 0 Å². The number of hydrogen-bond acceptors (Lipinski definition) is 0. The highest BCUT2D eigenvalue weighted by atomic mass is 15.0. The molecule has 0 bridgehead atoms. The molecule has 4 aliphatic carbocycles. The molecule has 4 aliphatic rings. The van der Waals surface area contributed by atoms with Crippen molar-refractivity contribution in [2.45, 2.75) is 62.2 Å². The molecule has 2 heteroatoms. The second-order valence-corrected chi connectivity index (χ2v) is 24.6. The van der Waals surface area contributed by atoms with Crippen LogP contribution in [0.25, 0.3) is 134 Å². The van der Waals surface area contributed by atoms with Crippen molar-refractivity contribution in [1.82, 2.24) is 9.13 Å². The number of benzene rings is 12. The Balaban J connectivity index is 0.646. The molecule has 2 aromatic heterocycles. The van der Waals surface area contributed by atoms with E-state index in [0.29, 0.717) is 0 Å². The van der Waals surface area contributed by atoms with Crippen LogP contribution in [-0.4, -0.2) is 9.13 Å². The van der Waals surface area contributed by atoms with Gasteiger partial charge >= 0.3 is 0 Å². The first-order valence-electron chi connectivity index (χ1n) is 30.6. The van der Waals surface area contributed by atoms with Crippen LogP contribution in [0.5, 0.6) is 0 Å². The minimum atomic E-state index is 0.0402. The van der Waals surface area contributed by atoms with Crippen molar-refractivity contribution >= 4 is 89.5 Å². The summed E-state index contributed by atoms with van der Waals surface area (Å²) in [5.74, 6) is 0. The van der Waals surface area contributed by atoms with Crippen LogP contribution in [0.4, 0.5) is 0 Å². The Bertz CT molecular complexity index is 4820. The normalized spacial score (nSPS) is 15.6. The van der Waals surface area contributed by atoms with Crippen molar-refractivity contribution in [3.8, 4) is 44.8 Å². The molecule has 0 saturated heterocycles. The van der Waals surface area contributed by atoms with Crippen LogP contribution in [0, 0.1) is 0 Å². The Labute approximate surface area is 489 Å². The molecular formula is C82H60N2. The van der Waals surface area contributed by atoms with Gasteiger partial charge in [0.05, 0.1) is 33.4 Å². The lowest BCUT2D eigenvalue weighted by molar-refractivity contribution is 0.549. The van der Waals surface area contributed by atoms with E-state index in [0.717, 1.165) is 0 Å². The number of para-hydroxylation sites is 2. The lowest BCUT2D eigenvalue weighted by Crippen LogP contribution is -2.21. The monoisotopic (exact) mass is 1070 g/mol. The summed E-state index contributed by atoms with van der Waals surface area (Å²) in [4.78, 5) is 0. The van der Waals surface area contributed by atoms with Crippen molar-refractivity contribution in [1.29, 1.82) is 0 Å². The van der Waals surface area contributed by atoms with Crippen LogP contribution in [-0.2, 0) is 10.8 Å². The van der Waals surface area contributed by atoms with E-state index in [-0.39, 0.29) is 10.8 Å². The van der Waals surface area contributed by atoms with Gasteiger partial charge in [0.2, 0.25) is 0 Å². The third kappa shape index (κ3) is 7.04. The molecule has 18 rings (SSSR count). The molecule has 0 radical (unpaired) electrons. The quantitative estimate of drug-likeness (QED) is 0.141. The van der Waals surface area contributed by atoms with Gasteiger partial charge in [-0.3, -0.25) is 0 Å². The van der Waals surface area contributed by atoms with Crippen molar-refractivity contribution in [2.24, 2.45) is 0 Å². The zero-order valence-corrected chi connectivity index (χ0v) is 47.0. The fourth-order valence-electron chi connectivity index (χ4n) is 16.5. The van der Waals surface area contributed by atoms with Crippen LogP contribution >= 0.6 is 0 Å². The standard InChI is InChI=1S/C82H60N2/c1-3-19-61-57(15-1)17-13-25-75(61)83-77-23-7-5-21-67(77)69-47-53(33-41-79(69)83)27-29-55-31-37-63-65-39-35-59(51-73(65)81(71(63)49-55)43-9-10-44-81)60-36-40-66-64-38-32-56(50-72(64)82(74(66)52-60)45-11-12-46-82)30-28-54-34-42-80-70(48-54)68-22-6-8-24-78(68)84(80)76-26-14-18-58-16-2-4-20-62(58)76/h1-8,13-42,47-52H,9-12,43-46H2/b29-27+,30-28+. The van der Waals surface area contributed by atoms with Crippen LogP contribution in [0.3, 0.4) is 0 Å². The molecule has 84 heavy (non-hydrogen) atoms. The molecule has 2 saturated carbocycles. The summed E-state index contributed by atoms with van der Waals surface area (Å²) in [7, 11) is 0. The molecule has 0 N–H and O–H groups in total. The first kappa shape index (κ1) is 47.8. The lowest BCUT2D eigenvalue weighted by atomic mass is 9.75. The maximum absolute atomic E-state index is 2.60. The second kappa shape index (κ2) is 18.4. The van der Waals surface area contributed by atoms with E-state index in [4.69, 9.17) is 0 Å². The van der Waals surface area contributed by atoms with E-state index in [2.05, 4.69) is 276 Å².